The van der Waals surface area contributed by atoms with Crippen LogP contribution in [0.25, 0.3) is 0 Å². The van der Waals surface area contributed by atoms with Gasteiger partial charge in [0.2, 0.25) is 0 Å². The van der Waals surface area contributed by atoms with Crippen molar-refractivity contribution in [3.05, 3.63) is 35.5 Å². The summed E-state index contributed by atoms with van der Waals surface area (Å²) in [5.74, 6) is 0.0739. The maximum Gasteiger partial charge on any atom is 0.267 e. The summed E-state index contributed by atoms with van der Waals surface area (Å²) in [5.41, 5.74) is 1.53. The van der Waals surface area contributed by atoms with Gasteiger partial charge in [-0.05, 0) is 37.5 Å². The van der Waals surface area contributed by atoms with Gasteiger partial charge in [-0.15, -0.1) is 0 Å². The van der Waals surface area contributed by atoms with E-state index >= 15 is 0 Å². The fraction of sp³-hybridized carbons (Fsp3) is 0.412. The first-order valence-electron chi connectivity index (χ1n) is 7.55. The molecule has 1 amide bonds. The third-order valence-corrected chi connectivity index (χ3v) is 3.58. The number of carbonyl (C=O) groups excluding carboxylic acids is 1. The number of nitrogens with one attached hydrogen (secondary N) is 2. The second kappa shape index (κ2) is 8.20. The fourth-order valence-corrected chi connectivity index (χ4v) is 2.36. The summed E-state index contributed by atoms with van der Waals surface area (Å²) in [6, 6.07) is 7.36. The molecule has 6 heteroatoms. The molecule has 1 heterocycles. The van der Waals surface area contributed by atoms with Crippen LogP contribution in [0.4, 0.5) is 5.69 Å². The van der Waals surface area contributed by atoms with Crippen LogP contribution < -0.4 is 15.4 Å². The van der Waals surface area contributed by atoms with Gasteiger partial charge in [0.15, 0.2) is 0 Å². The number of benzene rings is 1. The number of aryl methyl sites for hydroxylation is 1. The van der Waals surface area contributed by atoms with Crippen molar-refractivity contribution in [3.63, 3.8) is 0 Å². The van der Waals surface area contributed by atoms with E-state index in [1.807, 2.05) is 19.1 Å². The van der Waals surface area contributed by atoms with E-state index < -0.39 is 5.91 Å². The number of rotatable bonds is 6. The van der Waals surface area contributed by atoms with Gasteiger partial charge in [0, 0.05) is 19.4 Å². The van der Waals surface area contributed by atoms with E-state index in [4.69, 9.17) is 14.7 Å². The Balaban J connectivity index is 1.99. The SMILES string of the molecule is COc1ccc(C)cc1NC(=O)/C(C#N)=C\NCC1CCCO1. The first-order chi connectivity index (χ1) is 11.1. The maximum absolute atomic E-state index is 12.2. The Morgan fingerprint density at radius 2 is 2.39 bits per heavy atom. The third kappa shape index (κ3) is 4.73. The minimum atomic E-state index is -0.476. The molecule has 2 N–H and O–H groups in total. The number of hydrogen-bond acceptors (Lipinski definition) is 5. The maximum atomic E-state index is 12.2. The van der Waals surface area contributed by atoms with E-state index in [9.17, 15) is 4.79 Å². The van der Waals surface area contributed by atoms with Crippen molar-refractivity contribution in [2.24, 2.45) is 0 Å². The van der Waals surface area contributed by atoms with Crippen LogP contribution in [0.5, 0.6) is 5.75 Å². The molecular formula is C17H21N3O3. The van der Waals surface area contributed by atoms with E-state index in [-0.39, 0.29) is 11.7 Å². The number of hydrogen-bond donors (Lipinski definition) is 2. The Kier molecular flexibility index (Phi) is 6.01. The van der Waals surface area contributed by atoms with Crippen LogP contribution >= 0.6 is 0 Å². The molecule has 1 aromatic carbocycles. The molecule has 0 saturated carbocycles. The molecule has 1 fully saturated rings. The van der Waals surface area contributed by atoms with Gasteiger partial charge in [-0.2, -0.15) is 5.26 Å². The van der Waals surface area contributed by atoms with Gasteiger partial charge in [-0.25, -0.2) is 0 Å². The van der Waals surface area contributed by atoms with Crippen molar-refractivity contribution in [1.29, 1.82) is 5.26 Å². The third-order valence-electron chi connectivity index (χ3n) is 3.58. The Morgan fingerprint density at radius 1 is 1.57 bits per heavy atom. The summed E-state index contributed by atoms with van der Waals surface area (Å²) in [6.07, 6.45) is 3.62. The number of carbonyl (C=O) groups is 1. The van der Waals surface area contributed by atoms with E-state index in [1.165, 1.54) is 13.3 Å². The fourth-order valence-electron chi connectivity index (χ4n) is 2.36. The summed E-state index contributed by atoms with van der Waals surface area (Å²) in [4.78, 5) is 12.2. The highest BCUT2D eigenvalue weighted by molar-refractivity contribution is 6.07. The average Bonchev–Trinajstić information content (AvgIpc) is 3.05. The van der Waals surface area contributed by atoms with Crippen molar-refractivity contribution in [1.82, 2.24) is 5.32 Å². The lowest BCUT2D eigenvalue weighted by Crippen LogP contribution is -2.24. The van der Waals surface area contributed by atoms with Crippen molar-refractivity contribution in [3.8, 4) is 11.8 Å². The Morgan fingerprint density at radius 3 is 3.04 bits per heavy atom. The van der Waals surface area contributed by atoms with Gasteiger partial charge >= 0.3 is 0 Å². The predicted molar refractivity (Wildman–Crippen MR) is 87.0 cm³/mol. The molecule has 1 aliphatic rings. The van der Waals surface area contributed by atoms with Crippen molar-refractivity contribution in [2.45, 2.75) is 25.9 Å². The predicted octanol–water partition coefficient (Wildman–Crippen LogP) is 2.12. The molecule has 2 rings (SSSR count). The van der Waals surface area contributed by atoms with Gasteiger partial charge in [-0.1, -0.05) is 6.07 Å². The minimum Gasteiger partial charge on any atom is -0.495 e. The number of nitriles is 1. The van der Waals surface area contributed by atoms with Crippen LogP contribution in [0, 0.1) is 18.3 Å². The molecule has 122 valence electrons. The molecule has 1 aliphatic heterocycles. The molecule has 1 saturated heterocycles. The Labute approximate surface area is 136 Å². The Bertz CT molecular complexity index is 628. The first-order valence-corrected chi connectivity index (χ1v) is 7.55. The number of methoxy groups -OCH3 is 1. The minimum absolute atomic E-state index is 0.00607. The molecular weight excluding hydrogens is 294 g/mol. The van der Waals surface area contributed by atoms with Gasteiger partial charge < -0.3 is 20.1 Å². The summed E-state index contributed by atoms with van der Waals surface area (Å²) < 4.78 is 10.7. The molecule has 1 aromatic rings. The number of amides is 1. The summed E-state index contributed by atoms with van der Waals surface area (Å²) in [7, 11) is 1.53. The molecule has 0 radical (unpaired) electrons. The average molecular weight is 315 g/mol. The molecule has 0 bridgehead atoms. The molecule has 23 heavy (non-hydrogen) atoms. The van der Waals surface area contributed by atoms with Gasteiger partial charge in [-0.3, -0.25) is 4.79 Å². The summed E-state index contributed by atoms with van der Waals surface area (Å²) in [5, 5.41) is 14.9. The van der Waals surface area contributed by atoms with E-state index in [2.05, 4.69) is 10.6 Å². The van der Waals surface area contributed by atoms with Crippen LogP contribution in [-0.4, -0.2) is 32.3 Å². The second-order valence-electron chi connectivity index (χ2n) is 5.37. The zero-order valence-corrected chi connectivity index (χ0v) is 13.4. The highest BCUT2D eigenvalue weighted by Gasteiger charge is 2.15. The van der Waals surface area contributed by atoms with Crippen molar-refractivity contribution >= 4 is 11.6 Å². The Hall–Kier alpha value is -2.52. The molecule has 6 nitrogen and oxygen atoms in total. The topological polar surface area (TPSA) is 83.4 Å². The monoisotopic (exact) mass is 315 g/mol. The van der Waals surface area contributed by atoms with Crippen LogP contribution in [-0.2, 0) is 9.53 Å². The van der Waals surface area contributed by atoms with Crippen LogP contribution in [0.15, 0.2) is 30.0 Å². The lowest BCUT2D eigenvalue weighted by Gasteiger charge is -2.11. The zero-order chi connectivity index (χ0) is 16.7. The second-order valence-corrected chi connectivity index (χ2v) is 5.37. The highest BCUT2D eigenvalue weighted by Crippen LogP contribution is 2.25. The number of ether oxygens (including phenoxy) is 2. The molecule has 0 aliphatic carbocycles. The highest BCUT2D eigenvalue weighted by atomic mass is 16.5. The zero-order valence-electron chi connectivity index (χ0n) is 13.4. The van der Waals surface area contributed by atoms with Crippen LogP contribution in [0.2, 0.25) is 0 Å². The van der Waals surface area contributed by atoms with Crippen LogP contribution in [0.3, 0.4) is 0 Å². The molecule has 0 spiro atoms. The van der Waals surface area contributed by atoms with E-state index in [1.54, 1.807) is 12.1 Å². The molecule has 0 aromatic heterocycles. The number of anilines is 1. The van der Waals surface area contributed by atoms with Gasteiger partial charge in [0.25, 0.3) is 5.91 Å². The molecule has 1 unspecified atom stereocenters. The quantitative estimate of drug-likeness (QED) is 0.620. The lowest BCUT2D eigenvalue weighted by atomic mass is 10.2. The van der Waals surface area contributed by atoms with E-state index in [0.29, 0.717) is 18.0 Å². The lowest BCUT2D eigenvalue weighted by molar-refractivity contribution is -0.112. The van der Waals surface area contributed by atoms with Crippen molar-refractivity contribution in [2.75, 3.05) is 25.6 Å². The smallest absolute Gasteiger partial charge is 0.267 e. The van der Waals surface area contributed by atoms with E-state index in [0.717, 1.165) is 25.0 Å². The van der Waals surface area contributed by atoms with Gasteiger partial charge in [0.1, 0.15) is 17.4 Å². The normalized spacial score (nSPS) is 17.4. The van der Waals surface area contributed by atoms with Crippen LogP contribution in [0.1, 0.15) is 18.4 Å². The first kappa shape index (κ1) is 16.8. The number of nitrogens with zero attached hydrogens (tertiary/aromatic N) is 1. The summed E-state index contributed by atoms with van der Waals surface area (Å²) in [6.45, 7) is 3.28. The standard InChI is InChI=1S/C17H21N3O3/c1-12-5-6-16(22-2)15(8-12)20-17(21)13(9-18)10-19-11-14-4-3-7-23-14/h5-6,8,10,14,19H,3-4,7,11H2,1-2H3,(H,20,21)/b13-10-. The van der Waals surface area contributed by atoms with Crippen molar-refractivity contribution < 1.29 is 14.3 Å². The summed E-state index contributed by atoms with van der Waals surface area (Å²) >= 11 is 0. The molecule has 1 atom stereocenters. The largest absolute Gasteiger partial charge is 0.495 e. The van der Waals surface area contributed by atoms with Gasteiger partial charge in [0.05, 0.1) is 18.9 Å².